The van der Waals surface area contributed by atoms with Gasteiger partial charge in [-0.3, -0.25) is 4.79 Å². The van der Waals surface area contributed by atoms with Gasteiger partial charge in [0.2, 0.25) is 0 Å². The average Bonchev–Trinajstić information content (AvgIpc) is 2.44. The Kier molecular flexibility index (Phi) is 5.72. The first kappa shape index (κ1) is 16.5. The third-order valence-corrected chi connectivity index (χ3v) is 2.34. The molecule has 0 unspecified atom stereocenters. The van der Waals surface area contributed by atoms with E-state index in [1.54, 1.807) is 0 Å². The number of nitriles is 1. The number of nitrogens with one attached hydrogen (secondary N) is 1. The highest BCUT2D eigenvalue weighted by atomic mass is 19.4. The Morgan fingerprint density at radius 3 is 2.38 bits per heavy atom. The molecule has 0 atom stereocenters. The number of halogens is 3. The van der Waals surface area contributed by atoms with E-state index in [2.05, 4.69) is 10.1 Å². The van der Waals surface area contributed by atoms with Crippen LogP contribution in [0, 0.1) is 11.3 Å². The lowest BCUT2D eigenvalue weighted by atomic mass is 10.1. The molecule has 0 aliphatic carbocycles. The van der Waals surface area contributed by atoms with E-state index in [-0.39, 0.29) is 18.5 Å². The van der Waals surface area contributed by atoms with Crippen molar-refractivity contribution in [2.75, 3.05) is 13.2 Å². The van der Waals surface area contributed by atoms with Crippen molar-refractivity contribution in [2.45, 2.75) is 12.6 Å². The summed E-state index contributed by atoms with van der Waals surface area (Å²) >= 11 is 0. The van der Waals surface area contributed by atoms with E-state index >= 15 is 0 Å². The van der Waals surface area contributed by atoms with Crippen molar-refractivity contribution in [3.8, 4) is 6.07 Å². The van der Waals surface area contributed by atoms with Crippen molar-refractivity contribution in [2.24, 2.45) is 0 Å². The van der Waals surface area contributed by atoms with Gasteiger partial charge < -0.3 is 10.1 Å². The molecule has 0 fully saturated rings. The van der Waals surface area contributed by atoms with Gasteiger partial charge in [0.05, 0.1) is 23.6 Å². The molecule has 21 heavy (non-hydrogen) atoms. The lowest BCUT2D eigenvalue weighted by Gasteiger charge is -2.08. The predicted molar refractivity (Wildman–Crippen MR) is 65.0 cm³/mol. The number of carbonyl (C=O) groups excluding carboxylic acids is 2. The lowest BCUT2D eigenvalue weighted by molar-refractivity contribution is -0.137. The van der Waals surface area contributed by atoms with Crippen LogP contribution in [0.15, 0.2) is 24.3 Å². The molecule has 0 aliphatic heterocycles. The quantitative estimate of drug-likeness (QED) is 0.665. The van der Waals surface area contributed by atoms with Gasteiger partial charge >= 0.3 is 12.1 Å². The van der Waals surface area contributed by atoms with Crippen LogP contribution in [0.3, 0.4) is 0 Å². The summed E-state index contributed by atoms with van der Waals surface area (Å²) in [5.41, 5.74) is -0.971. The van der Waals surface area contributed by atoms with Crippen molar-refractivity contribution in [3.63, 3.8) is 0 Å². The number of amides is 1. The van der Waals surface area contributed by atoms with Crippen LogP contribution in [-0.4, -0.2) is 25.0 Å². The van der Waals surface area contributed by atoms with Crippen molar-refractivity contribution in [1.82, 2.24) is 5.32 Å². The second kappa shape index (κ2) is 7.28. The van der Waals surface area contributed by atoms with Crippen LogP contribution >= 0.6 is 0 Å². The van der Waals surface area contributed by atoms with E-state index in [4.69, 9.17) is 5.26 Å². The number of ether oxygens (including phenoxy) is 1. The Bertz CT molecular complexity index is 547. The van der Waals surface area contributed by atoms with Gasteiger partial charge in [0.25, 0.3) is 5.91 Å². The molecular weight excluding hydrogens is 289 g/mol. The maximum absolute atomic E-state index is 12.3. The molecule has 0 saturated heterocycles. The van der Waals surface area contributed by atoms with Crippen LogP contribution < -0.4 is 5.32 Å². The molecular formula is C13H11F3N2O3. The first-order valence-corrected chi connectivity index (χ1v) is 5.82. The molecule has 0 spiro atoms. The monoisotopic (exact) mass is 300 g/mol. The molecule has 0 radical (unpaired) electrons. The summed E-state index contributed by atoms with van der Waals surface area (Å²) in [6, 6.07) is 5.27. The molecule has 8 heteroatoms. The molecule has 1 aromatic carbocycles. The number of rotatable bonds is 5. The number of esters is 1. The summed E-state index contributed by atoms with van der Waals surface area (Å²) in [5.74, 6) is -1.50. The number of carbonyl (C=O) groups is 2. The van der Waals surface area contributed by atoms with Crippen molar-refractivity contribution >= 4 is 11.9 Å². The highest BCUT2D eigenvalue weighted by Crippen LogP contribution is 2.29. The summed E-state index contributed by atoms with van der Waals surface area (Å²) in [5, 5.41) is 10.6. The summed E-state index contributed by atoms with van der Waals surface area (Å²) in [4.78, 5) is 22.7. The summed E-state index contributed by atoms with van der Waals surface area (Å²) in [7, 11) is 0. The third kappa shape index (κ3) is 5.52. The molecule has 5 nitrogen and oxygen atoms in total. The number of alkyl halides is 3. The Balaban J connectivity index is 2.49. The molecule has 1 N–H and O–H groups in total. The molecule has 1 rings (SSSR count). The van der Waals surface area contributed by atoms with Gasteiger partial charge in [-0.15, -0.1) is 0 Å². The molecule has 0 aromatic heterocycles. The van der Waals surface area contributed by atoms with E-state index in [0.29, 0.717) is 0 Å². The van der Waals surface area contributed by atoms with E-state index < -0.39 is 30.2 Å². The molecule has 1 amide bonds. The fourth-order valence-electron chi connectivity index (χ4n) is 1.32. The normalized spacial score (nSPS) is 10.6. The molecule has 112 valence electrons. The maximum atomic E-state index is 12.3. The zero-order valence-electron chi connectivity index (χ0n) is 10.7. The van der Waals surface area contributed by atoms with Gasteiger partial charge in [-0.05, 0) is 24.3 Å². The van der Waals surface area contributed by atoms with Crippen molar-refractivity contribution in [3.05, 3.63) is 35.4 Å². The largest absolute Gasteiger partial charge is 0.452 e. The van der Waals surface area contributed by atoms with Crippen molar-refractivity contribution in [1.29, 1.82) is 5.26 Å². The molecule has 0 aliphatic rings. The van der Waals surface area contributed by atoms with E-state index in [0.717, 1.165) is 24.3 Å². The van der Waals surface area contributed by atoms with Crippen LogP contribution in [0.2, 0.25) is 0 Å². The number of nitrogens with zero attached hydrogens (tertiary/aromatic N) is 1. The summed E-state index contributed by atoms with van der Waals surface area (Å²) in [6.07, 6.45) is -4.36. The zero-order chi connectivity index (χ0) is 15.9. The smallest absolute Gasteiger partial charge is 0.416 e. The molecule has 0 heterocycles. The summed E-state index contributed by atoms with van der Waals surface area (Å²) in [6.45, 7) is -0.432. The predicted octanol–water partition coefficient (Wildman–Crippen LogP) is 1.89. The van der Waals surface area contributed by atoms with Crippen LogP contribution in [0.5, 0.6) is 0 Å². The first-order valence-electron chi connectivity index (χ1n) is 5.82. The minimum atomic E-state index is -4.48. The van der Waals surface area contributed by atoms with E-state index in [1.165, 1.54) is 0 Å². The average molecular weight is 300 g/mol. The fourth-order valence-corrected chi connectivity index (χ4v) is 1.32. The standard InChI is InChI=1S/C13H11F3N2O3/c14-13(15,16)10-4-2-9(3-5-10)12(20)21-8-11(19)18-7-1-6-17/h2-5H,1,7-8H2,(H,18,19). The topological polar surface area (TPSA) is 79.2 Å². The Hall–Kier alpha value is -2.56. The molecule has 1 aromatic rings. The number of benzene rings is 1. The Morgan fingerprint density at radius 1 is 1.24 bits per heavy atom. The number of hydrogen-bond acceptors (Lipinski definition) is 4. The highest BCUT2D eigenvalue weighted by Gasteiger charge is 2.30. The SMILES string of the molecule is N#CCCNC(=O)COC(=O)c1ccc(C(F)(F)F)cc1. The van der Waals surface area contributed by atoms with Crippen LogP contribution in [0.4, 0.5) is 13.2 Å². The second-order valence-electron chi connectivity index (χ2n) is 3.91. The second-order valence-corrected chi connectivity index (χ2v) is 3.91. The minimum Gasteiger partial charge on any atom is -0.452 e. The molecule has 0 saturated carbocycles. The van der Waals surface area contributed by atoms with Gasteiger partial charge in [0, 0.05) is 6.54 Å². The van der Waals surface area contributed by atoms with Crippen LogP contribution in [0.25, 0.3) is 0 Å². The summed E-state index contributed by atoms with van der Waals surface area (Å²) < 4.78 is 41.6. The van der Waals surface area contributed by atoms with Gasteiger partial charge in [0.1, 0.15) is 0 Å². The molecule has 0 bridgehead atoms. The Morgan fingerprint density at radius 2 is 1.86 bits per heavy atom. The maximum Gasteiger partial charge on any atom is 0.416 e. The minimum absolute atomic E-state index is 0.0900. The highest BCUT2D eigenvalue weighted by molar-refractivity contribution is 5.91. The fraction of sp³-hybridized carbons (Fsp3) is 0.308. The van der Waals surface area contributed by atoms with Crippen LogP contribution in [-0.2, 0) is 15.7 Å². The first-order chi connectivity index (χ1) is 9.84. The lowest BCUT2D eigenvalue weighted by Crippen LogP contribution is -2.29. The third-order valence-electron chi connectivity index (χ3n) is 2.34. The Labute approximate surface area is 118 Å². The number of hydrogen-bond donors (Lipinski definition) is 1. The van der Waals surface area contributed by atoms with Gasteiger partial charge in [0.15, 0.2) is 6.61 Å². The van der Waals surface area contributed by atoms with Gasteiger partial charge in [-0.25, -0.2) is 4.79 Å². The van der Waals surface area contributed by atoms with Gasteiger partial charge in [-0.1, -0.05) is 0 Å². The van der Waals surface area contributed by atoms with E-state index in [9.17, 15) is 22.8 Å². The van der Waals surface area contributed by atoms with Crippen molar-refractivity contribution < 1.29 is 27.5 Å². The van der Waals surface area contributed by atoms with E-state index in [1.807, 2.05) is 6.07 Å². The van der Waals surface area contributed by atoms with Crippen LogP contribution in [0.1, 0.15) is 22.3 Å². The van der Waals surface area contributed by atoms with Gasteiger partial charge in [-0.2, -0.15) is 18.4 Å². The zero-order valence-corrected chi connectivity index (χ0v) is 10.7.